The minimum Gasteiger partial charge on any atom is -0.481 e. The van der Waals surface area contributed by atoms with Crippen molar-refractivity contribution in [3.05, 3.63) is 16.1 Å². The first-order valence-corrected chi connectivity index (χ1v) is 6.40. The lowest BCUT2D eigenvalue weighted by Gasteiger charge is -2.18. The van der Waals surface area contributed by atoms with Crippen molar-refractivity contribution in [3.63, 3.8) is 0 Å². The van der Waals surface area contributed by atoms with E-state index in [9.17, 15) is 9.59 Å². The van der Waals surface area contributed by atoms with E-state index in [1.54, 1.807) is 12.5 Å². The summed E-state index contributed by atoms with van der Waals surface area (Å²) >= 11 is 1.35. The molecule has 1 N–H and O–H groups in total. The van der Waals surface area contributed by atoms with Gasteiger partial charge in [0.1, 0.15) is 10.7 Å². The fourth-order valence-electron chi connectivity index (χ4n) is 1.39. The molecule has 1 heterocycles. The molecular weight excluding hydrogens is 256 g/mol. The van der Waals surface area contributed by atoms with E-state index in [4.69, 9.17) is 9.84 Å². The number of methoxy groups -OCH3 is 1. The number of carboxylic acids is 1. The summed E-state index contributed by atoms with van der Waals surface area (Å²) < 4.78 is 4.93. The third kappa shape index (κ3) is 4.08. The first-order chi connectivity index (χ1) is 8.58. The van der Waals surface area contributed by atoms with Crippen LogP contribution in [0.25, 0.3) is 0 Å². The largest absolute Gasteiger partial charge is 0.481 e. The molecule has 0 aliphatic rings. The number of nitrogens with zero attached hydrogens (tertiary/aromatic N) is 2. The number of ether oxygens (including phenoxy) is 1. The van der Waals surface area contributed by atoms with Gasteiger partial charge in [-0.05, 0) is 6.92 Å². The Morgan fingerprint density at radius 1 is 1.56 bits per heavy atom. The molecule has 1 rings (SSSR count). The van der Waals surface area contributed by atoms with Crippen molar-refractivity contribution >= 4 is 23.2 Å². The fourth-order valence-corrected chi connectivity index (χ4v) is 2.13. The number of carboxylic acid groups (broad SMARTS) is 1. The second kappa shape index (κ2) is 7.07. The van der Waals surface area contributed by atoms with Crippen LogP contribution >= 0.6 is 11.3 Å². The van der Waals surface area contributed by atoms with Gasteiger partial charge < -0.3 is 14.7 Å². The lowest BCUT2D eigenvalue weighted by molar-refractivity contribution is -0.137. The lowest BCUT2D eigenvalue weighted by atomic mass is 10.3. The maximum atomic E-state index is 12.0. The predicted molar refractivity (Wildman–Crippen MR) is 66.7 cm³/mol. The normalized spacial score (nSPS) is 10.3. The molecule has 0 atom stereocenters. The molecule has 0 fully saturated rings. The smallest absolute Gasteiger partial charge is 0.305 e. The molecule has 0 aromatic carbocycles. The fraction of sp³-hybridized carbons (Fsp3) is 0.545. The number of hydrogen-bond donors (Lipinski definition) is 1. The number of carbonyl (C=O) groups is 2. The van der Waals surface area contributed by atoms with Crippen LogP contribution in [0.2, 0.25) is 0 Å². The molecule has 0 radical (unpaired) electrons. The van der Waals surface area contributed by atoms with Gasteiger partial charge >= 0.3 is 5.97 Å². The van der Waals surface area contributed by atoms with Crippen LogP contribution in [0, 0.1) is 0 Å². The van der Waals surface area contributed by atoms with Crippen LogP contribution in [0.5, 0.6) is 0 Å². The maximum Gasteiger partial charge on any atom is 0.305 e. The van der Waals surface area contributed by atoms with Gasteiger partial charge in [0.05, 0.1) is 13.0 Å². The Balaban J connectivity index is 2.66. The summed E-state index contributed by atoms with van der Waals surface area (Å²) in [5.41, 5.74) is 0.347. The third-order valence-corrected chi connectivity index (χ3v) is 3.13. The number of thiazole rings is 1. The van der Waals surface area contributed by atoms with Crippen molar-refractivity contribution in [2.24, 2.45) is 0 Å². The Morgan fingerprint density at radius 2 is 2.28 bits per heavy atom. The maximum absolute atomic E-state index is 12.0. The molecule has 0 saturated heterocycles. The van der Waals surface area contributed by atoms with E-state index in [1.807, 2.05) is 6.92 Å². The molecule has 1 aromatic rings. The van der Waals surface area contributed by atoms with Gasteiger partial charge in [-0.25, -0.2) is 4.98 Å². The second-order valence-electron chi connectivity index (χ2n) is 3.59. The van der Waals surface area contributed by atoms with Gasteiger partial charge in [-0.15, -0.1) is 11.3 Å². The van der Waals surface area contributed by atoms with E-state index in [0.717, 1.165) is 5.01 Å². The number of amides is 1. The minimum absolute atomic E-state index is 0.0609. The minimum atomic E-state index is -0.917. The van der Waals surface area contributed by atoms with Gasteiger partial charge in [0.25, 0.3) is 5.91 Å². The molecule has 1 aromatic heterocycles. The topological polar surface area (TPSA) is 79.7 Å². The summed E-state index contributed by atoms with van der Waals surface area (Å²) in [4.78, 5) is 28.2. The van der Waals surface area contributed by atoms with Gasteiger partial charge in [0.15, 0.2) is 0 Å². The highest BCUT2D eigenvalue weighted by Gasteiger charge is 2.18. The molecule has 0 aliphatic heterocycles. The zero-order chi connectivity index (χ0) is 13.5. The molecule has 0 aliphatic carbocycles. The average Bonchev–Trinajstić information content (AvgIpc) is 2.78. The van der Waals surface area contributed by atoms with E-state index < -0.39 is 5.97 Å². The highest BCUT2D eigenvalue weighted by atomic mass is 32.1. The number of rotatable bonds is 7. The van der Waals surface area contributed by atoms with Crippen molar-refractivity contribution in [1.29, 1.82) is 0 Å². The average molecular weight is 272 g/mol. The summed E-state index contributed by atoms with van der Waals surface area (Å²) in [6.45, 7) is 2.84. The second-order valence-corrected chi connectivity index (χ2v) is 4.53. The zero-order valence-electron chi connectivity index (χ0n) is 10.4. The van der Waals surface area contributed by atoms with E-state index in [0.29, 0.717) is 18.8 Å². The van der Waals surface area contributed by atoms with Crippen molar-refractivity contribution < 1.29 is 19.4 Å². The van der Waals surface area contributed by atoms with E-state index in [2.05, 4.69) is 4.98 Å². The SMILES string of the molecule is CCN(CCC(=O)O)C(=O)c1csc(COC)n1. The summed E-state index contributed by atoms with van der Waals surface area (Å²) in [7, 11) is 1.56. The number of aliphatic carboxylic acids is 1. The Bertz CT molecular complexity index is 419. The Morgan fingerprint density at radius 3 is 2.83 bits per heavy atom. The Labute approximate surface area is 109 Å². The lowest BCUT2D eigenvalue weighted by Crippen LogP contribution is -2.33. The molecule has 0 bridgehead atoms. The van der Waals surface area contributed by atoms with Crippen molar-refractivity contribution in [1.82, 2.24) is 9.88 Å². The summed E-state index contributed by atoms with van der Waals surface area (Å²) in [6, 6.07) is 0. The van der Waals surface area contributed by atoms with Crippen LogP contribution in [-0.2, 0) is 16.1 Å². The van der Waals surface area contributed by atoms with Crippen LogP contribution in [0.3, 0.4) is 0 Å². The molecule has 1 amide bonds. The molecule has 18 heavy (non-hydrogen) atoms. The highest BCUT2D eigenvalue weighted by Crippen LogP contribution is 2.13. The standard InChI is InChI=1S/C11H16N2O4S/c1-3-13(5-4-10(14)15)11(16)8-7-18-9(12-8)6-17-2/h7H,3-6H2,1-2H3,(H,14,15). The molecule has 0 saturated carbocycles. The van der Waals surface area contributed by atoms with Gasteiger partial charge in [-0.3, -0.25) is 9.59 Å². The molecule has 100 valence electrons. The van der Waals surface area contributed by atoms with Crippen LogP contribution in [0.4, 0.5) is 0 Å². The molecular formula is C11H16N2O4S. The Kier molecular flexibility index (Phi) is 5.73. The van der Waals surface area contributed by atoms with Crippen LogP contribution in [0.15, 0.2) is 5.38 Å². The number of carbonyl (C=O) groups excluding carboxylic acids is 1. The first-order valence-electron chi connectivity index (χ1n) is 5.52. The molecule has 7 heteroatoms. The van der Waals surface area contributed by atoms with E-state index >= 15 is 0 Å². The summed E-state index contributed by atoms with van der Waals surface area (Å²) in [5.74, 6) is -1.16. The van der Waals surface area contributed by atoms with Crippen LogP contribution in [0.1, 0.15) is 28.8 Å². The van der Waals surface area contributed by atoms with E-state index in [-0.39, 0.29) is 18.9 Å². The van der Waals surface area contributed by atoms with Crippen LogP contribution in [-0.4, -0.2) is 47.1 Å². The Hall–Kier alpha value is -1.47. The predicted octanol–water partition coefficient (Wildman–Crippen LogP) is 1.23. The molecule has 6 nitrogen and oxygen atoms in total. The van der Waals surface area contributed by atoms with E-state index in [1.165, 1.54) is 16.2 Å². The number of aromatic nitrogens is 1. The van der Waals surface area contributed by atoms with Gasteiger partial charge in [0, 0.05) is 25.6 Å². The molecule has 0 unspecified atom stereocenters. The van der Waals surface area contributed by atoms with Crippen LogP contribution < -0.4 is 0 Å². The van der Waals surface area contributed by atoms with Crippen molar-refractivity contribution in [3.8, 4) is 0 Å². The van der Waals surface area contributed by atoms with Gasteiger partial charge in [-0.1, -0.05) is 0 Å². The summed E-state index contributed by atoms with van der Waals surface area (Å²) in [6.07, 6.45) is -0.0609. The highest BCUT2D eigenvalue weighted by molar-refractivity contribution is 7.09. The zero-order valence-corrected chi connectivity index (χ0v) is 11.2. The monoisotopic (exact) mass is 272 g/mol. The quantitative estimate of drug-likeness (QED) is 0.807. The van der Waals surface area contributed by atoms with Gasteiger partial charge in [0.2, 0.25) is 0 Å². The first kappa shape index (κ1) is 14.6. The van der Waals surface area contributed by atoms with Crippen molar-refractivity contribution in [2.75, 3.05) is 20.2 Å². The van der Waals surface area contributed by atoms with Gasteiger partial charge in [-0.2, -0.15) is 0 Å². The third-order valence-electron chi connectivity index (χ3n) is 2.30. The summed E-state index contributed by atoms with van der Waals surface area (Å²) in [5, 5.41) is 11.0. The number of hydrogen-bond acceptors (Lipinski definition) is 5. The molecule has 0 spiro atoms. The van der Waals surface area contributed by atoms with Crippen molar-refractivity contribution in [2.45, 2.75) is 20.0 Å².